The van der Waals surface area contributed by atoms with Gasteiger partial charge in [0.2, 0.25) is 15.9 Å². The molecule has 0 saturated heterocycles. The summed E-state index contributed by atoms with van der Waals surface area (Å²) < 4.78 is 35.1. The van der Waals surface area contributed by atoms with Crippen LogP contribution in [0.3, 0.4) is 0 Å². The summed E-state index contributed by atoms with van der Waals surface area (Å²) in [5.41, 5.74) is 2.66. The minimum Gasteiger partial charge on any atom is -0.493 e. The van der Waals surface area contributed by atoms with E-state index in [0.717, 1.165) is 17.5 Å². The van der Waals surface area contributed by atoms with Crippen LogP contribution in [0.2, 0.25) is 5.02 Å². The highest BCUT2D eigenvalue weighted by Gasteiger charge is 2.27. The molecule has 3 aromatic rings. The molecule has 0 fully saturated rings. The number of ether oxygens (including phenoxy) is 1. The molecule has 0 unspecified atom stereocenters. The number of carbonyl (C=O) groups excluding carboxylic acids is 1. The van der Waals surface area contributed by atoms with Gasteiger partial charge in [-0.15, -0.1) is 0 Å². The van der Waals surface area contributed by atoms with Crippen LogP contribution in [0.4, 0.5) is 5.69 Å². The summed E-state index contributed by atoms with van der Waals surface area (Å²) in [6.45, 7) is 4.77. The Labute approximate surface area is 226 Å². The smallest absolute Gasteiger partial charge is 0.242 e. The highest BCUT2D eigenvalue weighted by Crippen LogP contribution is 2.34. The van der Waals surface area contributed by atoms with Gasteiger partial charge >= 0.3 is 0 Å². The van der Waals surface area contributed by atoms with Crippen LogP contribution in [-0.4, -0.2) is 32.8 Å². The van der Waals surface area contributed by atoms with Crippen LogP contribution in [0.5, 0.6) is 5.75 Å². The van der Waals surface area contributed by atoms with Gasteiger partial charge in [-0.1, -0.05) is 77.8 Å². The number of carbonyl (C=O) groups is 1. The molecule has 1 N–H and O–H groups in total. The molecule has 192 valence electrons. The van der Waals surface area contributed by atoms with Gasteiger partial charge < -0.3 is 9.64 Å². The van der Waals surface area contributed by atoms with Gasteiger partial charge in [0.1, 0.15) is 10.6 Å². The van der Waals surface area contributed by atoms with E-state index in [4.69, 9.17) is 16.3 Å². The summed E-state index contributed by atoms with van der Waals surface area (Å²) in [5, 5.41) is 0.506. The van der Waals surface area contributed by atoms with E-state index < -0.39 is 10.0 Å². The number of amides is 1. The van der Waals surface area contributed by atoms with Crippen molar-refractivity contribution in [3.05, 3.63) is 77.3 Å². The number of anilines is 1. The molecule has 0 aromatic heterocycles. The summed E-state index contributed by atoms with van der Waals surface area (Å²) >= 11 is 9.55. The summed E-state index contributed by atoms with van der Waals surface area (Å²) in [7, 11) is -3.88. The number of benzene rings is 3. The van der Waals surface area contributed by atoms with E-state index in [-0.39, 0.29) is 34.9 Å². The van der Waals surface area contributed by atoms with Gasteiger partial charge in [0.25, 0.3) is 0 Å². The van der Waals surface area contributed by atoms with E-state index in [9.17, 15) is 13.2 Å². The summed E-state index contributed by atoms with van der Waals surface area (Å²) in [6, 6.07) is 19.9. The number of halogens is 2. The van der Waals surface area contributed by atoms with Crippen LogP contribution in [0.25, 0.3) is 11.1 Å². The van der Waals surface area contributed by atoms with Gasteiger partial charge in [-0.3, -0.25) is 4.79 Å². The Kier molecular flexibility index (Phi) is 10.4. The van der Waals surface area contributed by atoms with Gasteiger partial charge in [0, 0.05) is 17.1 Å². The lowest BCUT2D eigenvalue weighted by Crippen LogP contribution is -2.34. The molecule has 0 aliphatic rings. The Morgan fingerprint density at radius 1 is 1.00 bits per heavy atom. The van der Waals surface area contributed by atoms with Gasteiger partial charge in [0.05, 0.1) is 24.2 Å². The zero-order valence-corrected chi connectivity index (χ0v) is 23.5. The Morgan fingerprint density at radius 3 is 2.42 bits per heavy atom. The molecule has 36 heavy (non-hydrogen) atoms. The second-order valence-corrected chi connectivity index (χ2v) is 10.9. The zero-order chi connectivity index (χ0) is 26.1. The number of alkyl halides is 1. The number of hydrogen-bond donors (Lipinski definition) is 1. The number of nitrogens with one attached hydrogen (secondary N) is 1. The molecule has 1 amide bonds. The zero-order valence-electron chi connectivity index (χ0n) is 20.3. The molecule has 0 atom stereocenters. The average Bonchev–Trinajstić information content (AvgIpc) is 2.89. The summed E-state index contributed by atoms with van der Waals surface area (Å²) in [6.07, 6.45) is 1.46. The predicted molar refractivity (Wildman–Crippen MR) is 150 cm³/mol. The molecule has 0 bridgehead atoms. The van der Waals surface area contributed by atoms with Crippen molar-refractivity contribution in [3.8, 4) is 16.9 Å². The Bertz CT molecular complexity index is 1290. The lowest BCUT2D eigenvalue weighted by Gasteiger charge is -2.26. The third-order valence-corrected chi connectivity index (χ3v) is 7.64. The van der Waals surface area contributed by atoms with Crippen molar-refractivity contribution in [2.75, 3.05) is 23.4 Å². The minimum atomic E-state index is -3.88. The molecule has 0 heterocycles. The summed E-state index contributed by atoms with van der Waals surface area (Å²) in [4.78, 5) is 14.8. The number of rotatable bonds is 12. The average molecular weight is 594 g/mol. The maximum atomic E-state index is 13.3. The standard InChI is InChI=1S/C27H30BrClN2O4S/c1-3-14-30-36(33,34)26-13-10-21(20-8-6-5-7-9-20)17-24(26)31(27(32)18-28)19-22-16-23(29)11-12-25(22)35-15-4-2/h5-13,16-17,30H,3-4,14-15,18-19H2,1-2H3. The lowest BCUT2D eigenvalue weighted by atomic mass is 10.0. The fourth-order valence-electron chi connectivity index (χ4n) is 3.65. The molecular formula is C27H30BrClN2O4S. The first-order valence-corrected chi connectivity index (χ1v) is 14.8. The number of sulfonamides is 1. The van der Waals surface area contributed by atoms with Crippen LogP contribution >= 0.6 is 27.5 Å². The highest BCUT2D eigenvalue weighted by molar-refractivity contribution is 9.09. The van der Waals surface area contributed by atoms with E-state index >= 15 is 0 Å². The predicted octanol–water partition coefficient (Wildman–Crippen LogP) is 6.41. The monoisotopic (exact) mass is 592 g/mol. The normalized spacial score (nSPS) is 11.3. The van der Waals surface area contributed by atoms with E-state index in [1.807, 2.05) is 44.2 Å². The van der Waals surface area contributed by atoms with Crippen LogP contribution in [0, 0.1) is 0 Å². The Hall–Kier alpha value is -2.39. The van der Waals surface area contributed by atoms with Crippen molar-refractivity contribution in [2.24, 2.45) is 0 Å². The van der Waals surface area contributed by atoms with E-state index in [2.05, 4.69) is 20.7 Å². The second kappa shape index (κ2) is 13.2. The Balaban J connectivity index is 2.19. The molecule has 0 aliphatic heterocycles. The Morgan fingerprint density at radius 2 is 1.75 bits per heavy atom. The molecule has 3 rings (SSSR count). The largest absolute Gasteiger partial charge is 0.493 e. The molecule has 0 saturated carbocycles. The molecular weight excluding hydrogens is 564 g/mol. The van der Waals surface area contributed by atoms with Crippen molar-refractivity contribution in [3.63, 3.8) is 0 Å². The first-order chi connectivity index (χ1) is 17.3. The fraction of sp³-hybridized carbons (Fsp3) is 0.296. The maximum absolute atomic E-state index is 13.3. The van der Waals surface area contributed by atoms with Gasteiger partial charge in [-0.25, -0.2) is 13.1 Å². The first-order valence-electron chi connectivity index (χ1n) is 11.8. The van der Waals surface area contributed by atoms with Crippen molar-refractivity contribution in [2.45, 2.75) is 38.1 Å². The quantitative estimate of drug-likeness (QED) is 0.246. The van der Waals surface area contributed by atoms with Gasteiger partial charge in [0.15, 0.2) is 0 Å². The first kappa shape index (κ1) is 28.2. The third-order valence-electron chi connectivity index (χ3n) is 5.42. The fourth-order valence-corrected chi connectivity index (χ4v) is 5.47. The van der Waals surface area contributed by atoms with E-state index in [1.165, 1.54) is 4.90 Å². The van der Waals surface area contributed by atoms with Gasteiger partial charge in [-0.05, 0) is 54.3 Å². The SMILES string of the molecule is CCCNS(=O)(=O)c1ccc(-c2ccccc2)cc1N(Cc1cc(Cl)ccc1OCCC)C(=O)CBr. The van der Waals surface area contributed by atoms with Crippen molar-refractivity contribution in [1.29, 1.82) is 0 Å². The van der Waals surface area contributed by atoms with E-state index in [1.54, 1.807) is 36.4 Å². The van der Waals surface area contributed by atoms with Crippen molar-refractivity contribution in [1.82, 2.24) is 4.72 Å². The second-order valence-electron chi connectivity index (χ2n) is 8.16. The van der Waals surface area contributed by atoms with Crippen LogP contribution in [0.1, 0.15) is 32.3 Å². The number of nitrogens with zero attached hydrogens (tertiary/aromatic N) is 1. The molecule has 0 radical (unpaired) electrons. The maximum Gasteiger partial charge on any atom is 0.242 e. The third kappa shape index (κ3) is 7.09. The van der Waals surface area contributed by atoms with Gasteiger partial charge in [-0.2, -0.15) is 0 Å². The van der Waals surface area contributed by atoms with E-state index in [0.29, 0.717) is 29.4 Å². The lowest BCUT2D eigenvalue weighted by molar-refractivity contribution is -0.116. The van der Waals surface area contributed by atoms with Crippen LogP contribution < -0.4 is 14.4 Å². The van der Waals surface area contributed by atoms with Crippen LogP contribution in [-0.2, 0) is 21.4 Å². The molecule has 0 spiro atoms. The molecule has 9 heteroatoms. The topological polar surface area (TPSA) is 75.7 Å². The van der Waals surface area contributed by atoms with Crippen molar-refractivity contribution >= 4 is 49.1 Å². The number of hydrogen-bond acceptors (Lipinski definition) is 4. The minimum absolute atomic E-state index is 0.0101. The molecule has 0 aliphatic carbocycles. The molecule has 6 nitrogen and oxygen atoms in total. The summed E-state index contributed by atoms with van der Waals surface area (Å²) in [5.74, 6) is 0.301. The highest BCUT2D eigenvalue weighted by atomic mass is 79.9. The molecule has 3 aromatic carbocycles. The van der Waals surface area contributed by atoms with Crippen LogP contribution in [0.15, 0.2) is 71.6 Å². The van der Waals surface area contributed by atoms with Crippen molar-refractivity contribution < 1.29 is 17.9 Å².